The molecular formula is C19H30N3+. The van der Waals surface area contributed by atoms with E-state index in [1.165, 1.54) is 0 Å². The molecule has 3 heteroatoms. The Kier molecular flexibility index (Phi) is 10.4. The van der Waals surface area contributed by atoms with Gasteiger partial charge in [-0.3, -0.25) is 0 Å². The van der Waals surface area contributed by atoms with Crippen molar-refractivity contribution in [2.45, 2.75) is 0 Å². The van der Waals surface area contributed by atoms with Crippen LogP contribution in [0.2, 0.25) is 0 Å². The Hall–Kier alpha value is -2.13. The van der Waals surface area contributed by atoms with E-state index in [1.54, 1.807) is 6.08 Å². The van der Waals surface area contributed by atoms with Crippen LogP contribution in [0.25, 0.3) is 0 Å². The predicted octanol–water partition coefficient (Wildman–Crippen LogP) is 3.58. The van der Waals surface area contributed by atoms with Crippen LogP contribution in [0.3, 0.4) is 0 Å². The van der Waals surface area contributed by atoms with Crippen LogP contribution in [0, 0.1) is 0 Å². The molecule has 3 nitrogen and oxygen atoms in total. The van der Waals surface area contributed by atoms with Crippen molar-refractivity contribution in [3.8, 4) is 0 Å². The fourth-order valence-electron chi connectivity index (χ4n) is 2.46. The van der Waals surface area contributed by atoms with Gasteiger partial charge in [0.1, 0.15) is 19.6 Å². The molecular weight excluding hydrogens is 270 g/mol. The zero-order chi connectivity index (χ0) is 16.8. The Labute approximate surface area is 136 Å². The zero-order valence-corrected chi connectivity index (χ0v) is 13.8. The summed E-state index contributed by atoms with van der Waals surface area (Å²) in [5.74, 6) is 0.958. The number of aliphatic imine (C=N–C) groups is 1. The van der Waals surface area contributed by atoms with Gasteiger partial charge in [0.25, 0.3) is 0 Å². The van der Waals surface area contributed by atoms with E-state index in [9.17, 15) is 0 Å². The lowest BCUT2D eigenvalue weighted by Gasteiger charge is -2.40. The van der Waals surface area contributed by atoms with Crippen molar-refractivity contribution in [1.29, 1.82) is 0 Å². The lowest BCUT2D eigenvalue weighted by atomic mass is 10.3. The van der Waals surface area contributed by atoms with Crippen molar-refractivity contribution in [1.82, 2.24) is 4.90 Å². The molecule has 0 fully saturated rings. The Morgan fingerprint density at radius 1 is 0.727 bits per heavy atom. The van der Waals surface area contributed by atoms with Crippen LogP contribution in [0.1, 0.15) is 0 Å². The van der Waals surface area contributed by atoms with Crippen molar-refractivity contribution in [2.75, 3.05) is 39.3 Å². The summed E-state index contributed by atoms with van der Waals surface area (Å²) >= 11 is 0. The minimum Gasteiger partial charge on any atom is -0.304 e. The van der Waals surface area contributed by atoms with E-state index in [2.05, 4.69) is 44.4 Å². The van der Waals surface area contributed by atoms with E-state index in [4.69, 9.17) is 4.99 Å². The maximum absolute atomic E-state index is 4.77. The van der Waals surface area contributed by atoms with Crippen molar-refractivity contribution >= 4 is 5.96 Å². The van der Waals surface area contributed by atoms with Crippen LogP contribution in [0.15, 0.2) is 80.9 Å². The fourth-order valence-corrected chi connectivity index (χ4v) is 2.46. The van der Waals surface area contributed by atoms with Crippen LogP contribution < -0.4 is 0 Å². The minimum atomic E-state index is 0.561. The highest BCUT2D eigenvalue weighted by atomic mass is 15.5. The quantitative estimate of drug-likeness (QED) is 0.233. The van der Waals surface area contributed by atoms with E-state index < -0.39 is 0 Å². The van der Waals surface area contributed by atoms with E-state index in [-0.39, 0.29) is 0 Å². The molecule has 0 aliphatic carbocycles. The van der Waals surface area contributed by atoms with Gasteiger partial charge in [-0.1, -0.05) is 38.0 Å². The molecule has 0 N–H and O–H groups in total. The summed E-state index contributed by atoms with van der Waals surface area (Å²) in [7, 11) is 0. The van der Waals surface area contributed by atoms with Gasteiger partial charge in [0, 0.05) is 13.1 Å². The Morgan fingerprint density at radius 2 is 1.18 bits per heavy atom. The molecule has 0 unspecified atom stereocenters. The topological polar surface area (TPSA) is 15.6 Å². The molecule has 0 aliphatic heterocycles. The molecule has 0 bridgehead atoms. The zero-order valence-electron chi connectivity index (χ0n) is 13.8. The average molecular weight is 300 g/mol. The minimum absolute atomic E-state index is 0.561. The first-order valence-corrected chi connectivity index (χ1v) is 7.47. The summed E-state index contributed by atoms with van der Waals surface area (Å²) in [6.45, 7) is 27.4. The largest absolute Gasteiger partial charge is 0.304 e. The van der Waals surface area contributed by atoms with Crippen LogP contribution in [-0.4, -0.2) is 54.6 Å². The van der Waals surface area contributed by atoms with Gasteiger partial charge in [-0.25, -0.2) is 9.48 Å². The van der Waals surface area contributed by atoms with Crippen LogP contribution in [0.5, 0.6) is 0 Å². The van der Waals surface area contributed by atoms with Gasteiger partial charge in [-0.2, -0.15) is 0 Å². The van der Waals surface area contributed by atoms with Crippen molar-refractivity contribution in [2.24, 2.45) is 4.99 Å². The molecule has 0 spiro atoms. The summed E-state index contributed by atoms with van der Waals surface area (Å²) in [6.07, 6.45) is 11.3. The number of hydrogen-bond donors (Lipinski definition) is 0. The first kappa shape index (κ1) is 19.9. The highest BCUT2D eigenvalue weighted by molar-refractivity contribution is 5.74. The summed E-state index contributed by atoms with van der Waals surface area (Å²) in [4.78, 5) is 6.93. The van der Waals surface area contributed by atoms with Crippen LogP contribution in [0.4, 0.5) is 0 Å². The van der Waals surface area contributed by atoms with E-state index in [0.29, 0.717) is 24.1 Å². The van der Waals surface area contributed by atoms with Gasteiger partial charge in [0.15, 0.2) is 0 Å². The molecule has 0 aromatic heterocycles. The number of rotatable bonds is 12. The highest BCUT2D eigenvalue weighted by Crippen LogP contribution is 2.15. The standard InChI is InChI=1S/C19H30N3/c1-7-13-20-19(21(14-8-2)15-9-3)22(16-10-4,17-11-5)18-12-6/h7-12H,1-6,13-18H2/q+1/b20-19+. The third kappa shape index (κ3) is 5.70. The predicted molar refractivity (Wildman–Crippen MR) is 99.9 cm³/mol. The highest BCUT2D eigenvalue weighted by Gasteiger charge is 2.34. The normalized spacial score (nSPS) is 11.4. The number of hydrogen-bond acceptors (Lipinski definition) is 1. The Morgan fingerprint density at radius 3 is 1.50 bits per heavy atom. The molecule has 0 aromatic carbocycles. The Balaban J connectivity index is 5.98. The average Bonchev–Trinajstić information content (AvgIpc) is 2.49. The first-order valence-electron chi connectivity index (χ1n) is 7.47. The monoisotopic (exact) mass is 300 g/mol. The second kappa shape index (κ2) is 11.5. The number of quaternary nitrogens is 1. The SMILES string of the molecule is C=CC/N=C(\N(CC=C)CC=C)[N+](CC=C)(CC=C)CC=C. The Bertz CT molecular complexity index is 395. The third-order valence-corrected chi connectivity index (χ3v) is 3.20. The molecule has 0 saturated carbocycles. The molecule has 0 heterocycles. The maximum atomic E-state index is 4.77. The lowest BCUT2D eigenvalue weighted by Crippen LogP contribution is -2.59. The van der Waals surface area contributed by atoms with Crippen LogP contribution in [-0.2, 0) is 0 Å². The smallest absolute Gasteiger partial charge is 0.301 e. The van der Waals surface area contributed by atoms with Gasteiger partial charge >= 0.3 is 5.96 Å². The van der Waals surface area contributed by atoms with Gasteiger partial charge < -0.3 is 4.90 Å². The number of guanidine groups is 1. The molecule has 0 amide bonds. The second-order valence-corrected chi connectivity index (χ2v) is 4.97. The van der Waals surface area contributed by atoms with E-state index >= 15 is 0 Å². The van der Waals surface area contributed by atoms with E-state index in [0.717, 1.165) is 25.6 Å². The molecule has 0 radical (unpaired) electrons. The molecule has 0 aliphatic rings. The van der Waals surface area contributed by atoms with Crippen molar-refractivity contribution < 1.29 is 4.48 Å². The summed E-state index contributed by atoms with van der Waals surface area (Å²) in [5, 5.41) is 0. The van der Waals surface area contributed by atoms with Gasteiger partial charge in [0.2, 0.25) is 0 Å². The van der Waals surface area contributed by atoms with Gasteiger partial charge in [-0.05, 0) is 18.2 Å². The molecule has 0 rings (SSSR count). The van der Waals surface area contributed by atoms with Crippen molar-refractivity contribution in [3.05, 3.63) is 75.9 Å². The maximum Gasteiger partial charge on any atom is 0.301 e. The number of nitrogens with zero attached hydrogens (tertiary/aromatic N) is 3. The van der Waals surface area contributed by atoms with Gasteiger partial charge in [-0.15, -0.1) is 19.7 Å². The molecule has 0 aromatic rings. The first-order chi connectivity index (χ1) is 10.7. The molecule has 120 valence electrons. The molecule has 0 atom stereocenters. The van der Waals surface area contributed by atoms with Gasteiger partial charge in [0.05, 0.1) is 6.54 Å². The molecule has 0 saturated heterocycles. The second-order valence-electron chi connectivity index (χ2n) is 4.97. The summed E-state index contributed by atoms with van der Waals surface area (Å²) in [6, 6.07) is 0. The van der Waals surface area contributed by atoms with E-state index in [1.807, 2.05) is 30.4 Å². The summed E-state index contributed by atoms with van der Waals surface area (Å²) in [5.41, 5.74) is 0. The fraction of sp³-hybridized carbons (Fsp3) is 0.316. The molecule has 22 heavy (non-hydrogen) atoms. The summed E-state index contributed by atoms with van der Waals surface area (Å²) < 4.78 is 0.603. The third-order valence-electron chi connectivity index (χ3n) is 3.20. The van der Waals surface area contributed by atoms with Crippen LogP contribution >= 0.6 is 0 Å². The lowest BCUT2D eigenvalue weighted by molar-refractivity contribution is -0.828. The van der Waals surface area contributed by atoms with Crippen molar-refractivity contribution in [3.63, 3.8) is 0 Å².